The summed E-state index contributed by atoms with van der Waals surface area (Å²) in [7, 11) is 0. The second-order valence-electron chi connectivity index (χ2n) is 9.60. The van der Waals surface area contributed by atoms with E-state index >= 15 is 0 Å². The van der Waals surface area contributed by atoms with Gasteiger partial charge in [0.25, 0.3) is 5.91 Å². The third-order valence-electron chi connectivity index (χ3n) is 7.17. The third-order valence-corrected chi connectivity index (χ3v) is 7.17. The first-order valence-corrected chi connectivity index (χ1v) is 12.6. The van der Waals surface area contributed by atoms with Crippen molar-refractivity contribution >= 4 is 16.9 Å². The number of nitrogens with one attached hydrogen (secondary N) is 1. The average molecular weight is 456 g/mol. The summed E-state index contributed by atoms with van der Waals surface area (Å²) >= 11 is 0. The van der Waals surface area contributed by atoms with E-state index in [1.807, 2.05) is 17.9 Å². The minimum atomic E-state index is -0.0303. The van der Waals surface area contributed by atoms with Gasteiger partial charge in [0.1, 0.15) is 11.6 Å². The number of amides is 1. The van der Waals surface area contributed by atoms with Crippen LogP contribution in [0.5, 0.6) is 5.75 Å². The average Bonchev–Trinajstić information content (AvgIpc) is 3.64. The Hall–Kier alpha value is -3.26. The Kier molecular flexibility index (Phi) is 6.58. The highest BCUT2D eigenvalue weighted by atomic mass is 16.5. The summed E-state index contributed by atoms with van der Waals surface area (Å²) in [6.45, 7) is 6.32. The summed E-state index contributed by atoms with van der Waals surface area (Å²) in [5.74, 6) is 9.39. The van der Waals surface area contributed by atoms with Crippen LogP contribution in [0.3, 0.4) is 0 Å². The maximum atomic E-state index is 12.4. The predicted molar refractivity (Wildman–Crippen MR) is 136 cm³/mol. The number of aromatic nitrogens is 2. The molecule has 3 aromatic rings. The van der Waals surface area contributed by atoms with Gasteiger partial charge in [-0.3, -0.25) is 4.79 Å². The molecular formula is C29H33N3O2. The van der Waals surface area contributed by atoms with E-state index in [-0.39, 0.29) is 5.91 Å². The topological polar surface area (TPSA) is 58.2 Å². The van der Waals surface area contributed by atoms with Crippen LogP contribution in [0, 0.1) is 30.6 Å². The number of fused-ring (bicyclic) bond motifs is 1. The van der Waals surface area contributed by atoms with E-state index in [0.29, 0.717) is 13.0 Å². The summed E-state index contributed by atoms with van der Waals surface area (Å²) in [6, 6.07) is 12.6. The number of rotatable bonds is 6. The van der Waals surface area contributed by atoms with Crippen LogP contribution in [0.4, 0.5) is 0 Å². The number of likely N-dealkylation sites (tertiary alicyclic amines) is 1. The van der Waals surface area contributed by atoms with Crippen LogP contribution in [-0.4, -0.2) is 40.5 Å². The Labute approximate surface area is 201 Å². The van der Waals surface area contributed by atoms with Gasteiger partial charge in [0.15, 0.2) is 0 Å². The van der Waals surface area contributed by atoms with Crippen LogP contribution >= 0.6 is 0 Å². The van der Waals surface area contributed by atoms with Gasteiger partial charge in [-0.05, 0) is 97.7 Å². The highest BCUT2D eigenvalue weighted by Crippen LogP contribution is 2.41. The Balaban J connectivity index is 1.15. The molecule has 5 nitrogen and oxygen atoms in total. The van der Waals surface area contributed by atoms with Crippen molar-refractivity contribution in [1.82, 2.24) is 14.9 Å². The first kappa shape index (κ1) is 22.5. The maximum absolute atomic E-state index is 12.4. The number of ether oxygens (including phenoxy) is 1. The summed E-state index contributed by atoms with van der Waals surface area (Å²) in [6.07, 6.45) is 6.50. The molecule has 2 aromatic carbocycles. The van der Waals surface area contributed by atoms with E-state index in [0.717, 1.165) is 77.9 Å². The van der Waals surface area contributed by atoms with Gasteiger partial charge >= 0.3 is 0 Å². The first-order chi connectivity index (χ1) is 16.6. The standard InChI is InChI=1S/C29H33N3O2/c1-3-21-18-24(25-9-11-26-27(19-25)31-20(2)30-26)10-12-28(21)34-17-5-4-6-29(33)32-15-13-23(14-16-32)22-7-8-22/h9-12,18-19,22-23H,3,5,7-8,13-17H2,1-2H3,(H,30,31). The number of H-pyrrole nitrogens is 1. The highest BCUT2D eigenvalue weighted by molar-refractivity contribution is 5.93. The van der Waals surface area contributed by atoms with Crippen molar-refractivity contribution in [3.63, 3.8) is 0 Å². The molecule has 2 fully saturated rings. The maximum Gasteiger partial charge on any atom is 0.298 e. The lowest BCUT2D eigenvalue weighted by Gasteiger charge is -2.30. The van der Waals surface area contributed by atoms with Crippen LogP contribution in [0.2, 0.25) is 0 Å². The molecule has 1 aromatic heterocycles. The van der Waals surface area contributed by atoms with Crippen molar-refractivity contribution in [3.8, 4) is 28.7 Å². The van der Waals surface area contributed by atoms with Crippen LogP contribution in [0.1, 0.15) is 50.4 Å². The van der Waals surface area contributed by atoms with Crippen LogP contribution in [0.25, 0.3) is 22.2 Å². The van der Waals surface area contributed by atoms with Gasteiger partial charge in [-0.25, -0.2) is 4.98 Å². The van der Waals surface area contributed by atoms with Gasteiger partial charge < -0.3 is 14.6 Å². The second-order valence-corrected chi connectivity index (χ2v) is 9.60. The number of carbonyl (C=O) groups excluding carboxylic acids is 1. The minimum absolute atomic E-state index is 0.0303. The summed E-state index contributed by atoms with van der Waals surface area (Å²) < 4.78 is 6.02. The van der Waals surface area contributed by atoms with E-state index in [1.165, 1.54) is 18.4 Å². The molecule has 0 radical (unpaired) electrons. The number of imidazole rings is 1. The van der Waals surface area contributed by atoms with Crippen molar-refractivity contribution in [2.24, 2.45) is 11.8 Å². The Morgan fingerprint density at radius 3 is 2.59 bits per heavy atom. The van der Waals surface area contributed by atoms with Crippen LogP contribution in [0.15, 0.2) is 36.4 Å². The summed E-state index contributed by atoms with van der Waals surface area (Å²) in [5, 5.41) is 0. The van der Waals surface area contributed by atoms with Crippen LogP contribution in [-0.2, 0) is 11.2 Å². The quantitative estimate of drug-likeness (QED) is 0.393. The molecule has 5 rings (SSSR count). The van der Waals surface area contributed by atoms with Gasteiger partial charge in [-0.1, -0.05) is 25.0 Å². The van der Waals surface area contributed by atoms with Crippen molar-refractivity contribution in [2.45, 2.75) is 52.4 Å². The highest BCUT2D eigenvalue weighted by Gasteiger charge is 2.34. The smallest absolute Gasteiger partial charge is 0.298 e. The molecule has 0 spiro atoms. The lowest BCUT2D eigenvalue weighted by molar-refractivity contribution is -0.126. The van der Waals surface area contributed by atoms with Gasteiger partial charge in [0.2, 0.25) is 0 Å². The van der Waals surface area contributed by atoms with Gasteiger partial charge in [0, 0.05) is 19.5 Å². The minimum Gasteiger partial charge on any atom is -0.492 e. The molecule has 1 saturated heterocycles. The fourth-order valence-corrected chi connectivity index (χ4v) is 5.06. The Morgan fingerprint density at radius 2 is 1.82 bits per heavy atom. The number of aromatic amines is 1. The molecule has 1 saturated carbocycles. The second kappa shape index (κ2) is 9.93. The lowest BCUT2D eigenvalue weighted by Crippen LogP contribution is -2.38. The predicted octanol–water partition coefficient (Wildman–Crippen LogP) is 5.52. The van der Waals surface area contributed by atoms with Crippen molar-refractivity contribution in [3.05, 3.63) is 47.8 Å². The number of carbonyl (C=O) groups is 1. The van der Waals surface area contributed by atoms with E-state index in [1.54, 1.807) is 0 Å². The molecule has 2 aliphatic rings. The molecule has 2 heterocycles. The van der Waals surface area contributed by atoms with E-state index in [9.17, 15) is 4.79 Å². The Bertz CT molecular complexity index is 1240. The molecule has 1 amide bonds. The van der Waals surface area contributed by atoms with Gasteiger partial charge in [0.05, 0.1) is 17.6 Å². The molecule has 1 N–H and O–H groups in total. The molecule has 176 valence electrons. The largest absolute Gasteiger partial charge is 0.492 e. The zero-order valence-corrected chi connectivity index (χ0v) is 20.2. The fourth-order valence-electron chi connectivity index (χ4n) is 5.06. The molecule has 1 aliphatic heterocycles. The van der Waals surface area contributed by atoms with Crippen molar-refractivity contribution < 1.29 is 9.53 Å². The van der Waals surface area contributed by atoms with Gasteiger partial charge in [-0.15, -0.1) is 0 Å². The van der Waals surface area contributed by atoms with Gasteiger partial charge in [-0.2, -0.15) is 0 Å². The lowest BCUT2D eigenvalue weighted by atomic mass is 9.92. The number of hydrogen-bond acceptors (Lipinski definition) is 3. The number of benzene rings is 2. The fraction of sp³-hybridized carbons (Fsp3) is 0.448. The SMILES string of the molecule is CCc1cc(-c2ccc3nc(C)[nH]c3c2)ccc1OCCC#CC(=O)N1CCC(C2CC2)CC1. The number of hydrogen-bond donors (Lipinski definition) is 1. The summed E-state index contributed by atoms with van der Waals surface area (Å²) in [5.41, 5.74) is 5.52. The van der Waals surface area contributed by atoms with Crippen LogP contribution < -0.4 is 4.74 Å². The zero-order chi connectivity index (χ0) is 23.5. The van der Waals surface area contributed by atoms with Crippen molar-refractivity contribution in [1.29, 1.82) is 0 Å². The number of nitrogens with zero attached hydrogens (tertiary/aromatic N) is 2. The molecule has 0 atom stereocenters. The van der Waals surface area contributed by atoms with Crippen molar-refractivity contribution in [2.75, 3.05) is 19.7 Å². The third kappa shape index (κ3) is 5.12. The first-order valence-electron chi connectivity index (χ1n) is 12.6. The monoisotopic (exact) mass is 455 g/mol. The van der Waals surface area contributed by atoms with E-state index in [4.69, 9.17) is 4.74 Å². The molecule has 0 bridgehead atoms. The zero-order valence-electron chi connectivity index (χ0n) is 20.2. The molecule has 34 heavy (non-hydrogen) atoms. The van der Waals surface area contributed by atoms with E-state index in [2.05, 4.69) is 59.1 Å². The molecule has 1 aliphatic carbocycles. The molecule has 0 unspecified atom stereocenters. The summed E-state index contributed by atoms with van der Waals surface area (Å²) in [4.78, 5) is 22.1. The number of piperidine rings is 1. The molecule has 5 heteroatoms. The van der Waals surface area contributed by atoms with E-state index < -0.39 is 0 Å². The normalized spacial score (nSPS) is 16.4. The molecular weight excluding hydrogens is 422 g/mol. The Morgan fingerprint density at radius 1 is 1.09 bits per heavy atom. The number of aryl methyl sites for hydroxylation is 2.